The first kappa shape index (κ1) is 15.2. The minimum atomic E-state index is -4.86. The Balaban J connectivity index is 2.65. The van der Waals surface area contributed by atoms with Gasteiger partial charge in [-0.05, 0) is 19.1 Å². The molecular weight excluding hydrogens is 309 g/mol. The third kappa shape index (κ3) is 3.49. The molecule has 2 aromatic rings. The van der Waals surface area contributed by atoms with E-state index >= 15 is 0 Å². The van der Waals surface area contributed by atoms with E-state index in [1.807, 2.05) is 0 Å². The van der Waals surface area contributed by atoms with Gasteiger partial charge >= 0.3 is 6.36 Å². The minimum absolute atomic E-state index is 0.00400. The summed E-state index contributed by atoms with van der Waals surface area (Å²) in [6.07, 6.45) is -4.47. The van der Waals surface area contributed by atoms with Crippen LogP contribution in [0.5, 0.6) is 5.75 Å². The molecule has 0 bridgehead atoms. The molecule has 1 aromatic carbocycles. The van der Waals surface area contributed by atoms with Crippen LogP contribution in [0.15, 0.2) is 24.3 Å². The van der Waals surface area contributed by atoms with Crippen LogP contribution < -0.4 is 4.74 Å². The van der Waals surface area contributed by atoms with E-state index in [0.29, 0.717) is 6.29 Å². The van der Waals surface area contributed by atoms with Gasteiger partial charge in [-0.3, -0.25) is 4.79 Å². The molecule has 0 saturated carbocycles. The predicted octanol–water partition coefficient (Wildman–Crippen LogP) is 3.82. The number of carbonyl (C=O) groups excluding carboxylic acids is 1. The summed E-state index contributed by atoms with van der Waals surface area (Å²) in [7, 11) is 0. The molecule has 0 unspecified atom stereocenters. The van der Waals surface area contributed by atoms with Gasteiger partial charge in [0.1, 0.15) is 16.7 Å². The molecule has 0 aliphatic rings. The number of rotatable bonds is 3. The molecule has 0 saturated heterocycles. The second-order valence-electron chi connectivity index (χ2n) is 3.99. The number of aldehydes is 1. The number of alkyl halides is 3. The second kappa shape index (κ2) is 5.69. The molecule has 0 N–H and O–H groups in total. The van der Waals surface area contributed by atoms with Gasteiger partial charge in [-0.25, -0.2) is 9.97 Å². The van der Waals surface area contributed by atoms with Crippen LogP contribution in [0.1, 0.15) is 16.2 Å². The van der Waals surface area contributed by atoms with Crippen molar-refractivity contribution in [3.63, 3.8) is 0 Å². The number of halogens is 4. The zero-order valence-corrected chi connectivity index (χ0v) is 11.4. The fraction of sp³-hybridized carbons (Fsp3) is 0.154. The van der Waals surface area contributed by atoms with Crippen LogP contribution in [0.4, 0.5) is 13.2 Å². The lowest BCUT2D eigenvalue weighted by Gasteiger charge is -2.14. The Morgan fingerprint density at radius 1 is 1.24 bits per heavy atom. The largest absolute Gasteiger partial charge is 0.573 e. The Labute approximate surface area is 122 Å². The van der Waals surface area contributed by atoms with Crippen LogP contribution in [0, 0.1) is 6.92 Å². The summed E-state index contributed by atoms with van der Waals surface area (Å²) in [5.41, 5.74) is -0.104. The highest BCUT2D eigenvalue weighted by molar-refractivity contribution is 6.32. The van der Waals surface area contributed by atoms with E-state index < -0.39 is 12.1 Å². The summed E-state index contributed by atoms with van der Waals surface area (Å²) >= 11 is 5.82. The smallest absolute Gasteiger partial charge is 0.405 e. The number of aryl methyl sites for hydroxylation is 1. The molecule has 21 heavy (non-hydrogen) atoms. The highest BCUT2D eigenvalue weighted by Gasteiger charge is 2.32. The molecule has 4 nitrogen and oxygen atoms in total. The van der Waals surface area contributed by atoms with E-state index in [-0.39, 0.29) is 27.8 Å². The lowest BCUT2D eigenvalue weighted by atomic mass is 10.1. The van der Waals surface area contributed by atoms with Crippen LogP contribution in [0.3, 0.4) is 0 Å². The van der Waals surface area contributed by atoms with Gasteiger partial charge in [-0.15, -0.1) is 13.2 Å². The predicted molar refractivity (Wildman–Crippen MR) is 69.3 cm³/mol. The average Bonchev–Trinajstić information content (AvgIpc) is 2.36. The molecule has 0 fully saturated rings. The van der Waals surface area contributed by atoms with Crippen LogP contribution >= 0.6 is 11.6 Å². The van der Waals surface area contributed by atoms with Gasteiger partial charge in [0.2, 0.25) is 0 Å². The molecule has 2 rings (SSSR count). The Kier molecular flexibility index (Phi) is 4.13. The normalized spacial score (nSPS) is 11.3. The van der Waals surface area contributed by atoms with Gasteiger partial charge in [0.15, 0.2) is 6.29 Å². The van der Waals surface area contributed by atoms with E-state index in [2.05, 4.69) is 14.7 Å². The summed E-state index contributed by atoms with van der Waals surface area (Å²) < 4.78 is 41.2. The van der Waals surface area contributed by atoms with Crippen molar-refractivity contribution in [2.24, 2.45) is 0 Å². The number of para-hydroxylation sites is 1. The van der Waals surface area contributed by atoms with Crippen molar-refractivity contribution in [3.8, 4) is 17.0 Å². The fourth-order valence-electron chi connectivity index (χ4n) is 1.73. The number of ether oxygens (including phenoxy) is 1. The zero-order chi connectivity index (χ0) is 15.6. The standard InChI is InChI=1S/C13H8ClF3N2O2/c1-7-18-11(9(6-20)12(14)19-7)8-4-2-3-5-10(8)21-13(15,16)17/h2-6H,1H3. The van der Waals surface area contributed by atoms with Gasteiger partial charge < -0.3 is 4.74 Å². The van der Waals surface area contributed by atoms with Gasteiger partial charge in [0, 0.05) is 5.56 Å². The fourth-order valence-corrected chi connectivity index (χ4v) is 1.99. The van der Waals surface area contributed by atoms with E-state index in [0.717, 1.165) is 6.07 Å². The zero-order valence-electron chi connectivity index (χ0n) is 10.6. The topological polar surface area (TPSA) is 52.1 Å². The van der Waals surface area contributed by atoms with Crippen molar-refractivity contribution in [3.05, 3.63) is 40.8 Å². The Bertz CT molecular complexity index is 690. The Morgan fingerprint density at radius 3 is 2.52 bits per heavy atom. The monoisotopic (exact) mass is 316 g/mol. The summed E-state index contributed by atoms with van der Waals surface area (Å²) in [4.78, 5) is 18.9. The van der Waals surface area contributed by atoms with Crippen LogP contribution in [-0.2, 0) is 0 Å². The molecule has 0 atom stereocenters. The van der Waals surface area contributed by atoms with Gasteiger partial charge in [-0.2, -0.15) is 0 Å². The first-order chi connectivity index (χ1) is 9.81. The molecule has 8 heteroatoms. The van der Waals surface area contributed by atoms with Crippen molar-refractivity contribution in [2.45, 2.75) is 13.3 Å². The van der Waals surface area contributed by atoms with Crippen LogP contribution in [0.25, 0.3) is 11.3 Å². The lowest BCUT2D eigenvalue weighted by Crippen LogP contribution is -2.17. The molecular formula is C13H8ClF3N2O2. The average molecular weight is 317 g/mol. The van der Waals surface area contributed by atoms with Crippen LogP contribution in [-0.4, -0.2) is 22.6 Å². The third-order valence-corrected chi connectivity index (χ3v) is 2.78. The third-order valence-electron chi connectivity index (χ3n) is 2.50. The summed E-state index contributed by atoms with van der Waals surface area (Å²) in [6, 6.07) is 5.36. The number of hydrogen-bond donors (Lipinski definition) is 0. The Morgan fingerprint density at radius 2 is 1.90 bits per heavy atom. The highest BCUT2D eigenvalue weighted by atomic mass is 35.5. The maximum Gasteiger partial charge on any atom is 0.573 e. The SMILES string of the molecule is Cc1nc(Cl)c(C=O)c(-c2ccccc2OC(F)(F)F)n1. The number of benzene rings is 1. The van der Waals surface area contributed by atoms with E-state index in [4.69, 9.17) is 11.6 Å². The Hall–Kier alpha value is -2.15. The summed E-state index contributed by atoms with van der Waals surface area (Å²) in [5, 5.41) is -0.130. The molecule has 0 spiro atoms. The minimum Gasteiger partial charge on any atom is -0.405 e. The van der Waals surface area contributed by atoms with Gasteiger partial charge in [0.25, 0.3) is 0 Å². The molecule has 0 radical (unpaired) electrons. The molecule has 0 amide bonds. The second-order valence-corrected chi connectivity index (χ2v) is 4.34. The van der Waals surface area contributed by atoms with E-state index in [1.165, 1.54) is 25.1 Å². The molecule has 1 heterocycles. The van der Waals surface area contributed by atoms with E-state index in [9.17, 15) is 18.0 Å². The number of aromatic nitrogens is 2. The first-order valence-corrected chi connectivity index (χ1v) is 6.04. The van der Waals surface area contributed by atoms with Crippen molar-refractivity contribution < 1.29 is 22.7 Å². The molecule has 1 aromatic heterocycles. The van der Waals surface area contributed by atoms with Crippen molar-refractivity contribution in [1.82, 2.24) is 9.97 Å². The van der Waals surface area contributed by atoms with Gasteiger partial charge in [0.05, 0.1) is 11.3 Å². The van der Waals surface area contributed by atoms with Crippen LogP contribution in [0.2, 0.25) is 5.15 Å². The number of nitrogens with zero attached hydrogens (tertiary/aromatic N) is 2. The molecule has 110 valence electrons. The lowest BCUT2D eigenvalue weighted by molar-refractivity contribution is -0.274. The maximum atomic E-state index is 12.4. The van der Waals surface area contributed by atoms with Crippen molar-refractivity contribution >= 4 is 17.9 Å². The van der Waals surface area contributed by atoms with Gasteiger partial charge in [-0.1, -0.05) is 23.7 Å². The summed E-state index contributed by atoms with van der Waals surface area (Å²) in [6.45, 7) is 1.51. The summed E-state index contributed by atoms with van der Waals surface area (Å²) in [5.74, 6) is -0.246. The quantitative estimate of drug-likeness (QED) is 0.638. The maximum absolute atomic E-state index is 12.4. The number of carbonyl (C=O) groups is 1. The highest BCUT2D eigenvalue weighted by Crippen LogP contribution is 2.35. The van der Waals surface area contributed by atoms with E-state index in [1.54, 1.807) is 0 Å². The number of hydrogen-bond acceptors (Lipinski definition) is 4. The first-order valence-electron chi connectivity index (χ1n) is 5.66. The molecule has 0 aliphatic carbocycles. The van der Waals surface area contributed by atoms with Crippen molar-refractivity contribution in [2.75, 3.05) is 0 Å². The molecule has 0 aliphatic heterocycles. The van der Waals surface area contributed by atoms with Crippen molar-refractivity contribution in [1.29, 1.82) is 0 Å².